The minimum Gasteiger partial charge on any atom is -0.504 e. The Labute approximate surface area is 120 Å². The molecule has 114 valence electrons. The first kappa shape index (κ1) is 15.4. The van der Waals surface area contributed by atoms with Gasteiger partial charge in [0, 0.05) is 0 Å². The van der Waals surface area contributed by atoms with Gasteiger partial charge in [-0.1, -0.05) is 0 Å². The lowest BCUT2D eigenvalue weighted by Crippen LogP contribution is -2.09. The number of rotatable bonds is 3. The molecule has 0 radical (unpaired) electrons. The van der Waals surface area contributed by atoms with Crippen LogP contribution in [0.2, 0.25) is 0 Å². The van der Waals surface area contributed by atoms with Crippen LogP contribution >= 0.6 is 0 Å². The van der Waals surface area contributed by atoms with Crippen molar-refractivity contribution >= 4 is 20.2 Å². The Kier molecular flexibility index (Phi) is 3.53. The molecule has 1 heterocycles. The normalized spacial score (nSPS) is 12.5. The molecule has 0 aliphatic heterocycles. The van der Waals surface area contributed by atoms with Crippen molar-refractivity contribution in [2.24, 2.45) is 0 Å². The van der Waals surface area contributed by atoms with Gasteiger partial charge in [0.25, 0.3) is 20.2 Å². The number of aryl methyl sites for hydroxylation is 1. The summed E-state index contributed by atoms with van der Waals surface area (Å²) in [7, 11) is -9.25. The van der Waals surface area contributed by atoms with Gasteiger partial charge in [-0.15, -0.1) is 0 Å². The number of benzene rings is 1. The SMILES string of the molecule is Cc1nn(-c2cc(S(=O)(=O)O)ccc2S(=O)(=O)O)cc1O. The fourth-order valence-electron chi connectivity index (χ4n) is 1.63. The summed E-state index contributed by atoms with van der Waals surface area (Å²) in [5.41, 5.74) is -0.176. The minimum atomic E-state index is -4.67. The lowest BCUT2D eigenvalue weighted by Gasteiger charge is -2.08. The third-order valence-electron chi connectivity index (χ3n) is 2.63. The Bertz CT molecular complexity index is 893. The zero-order chi connectivity index (χ0) is 16.0. The first-order valence-corrected chi connectivity index (χ1v) is 8.23. The van der Waals surface area contributed by atoms with E-state index in [9.17, 15) is 21.9 Å². The second-order valence-corrected chi connectivity index (χ2v) is 6.94. The van der Waals surface area contributed by atoms with Gasteiger partial charge in [0.1, 0.15) is 10.6 Å². The fraction of sp³-hybridized carbons (Fsp3) is 0.100. The maximum absolute atomic E-state index is 11.3. The smallest absolute Gasteiger partial charge is 0.296 e. The highest BCUT2D eigenvalue weighted by atomic mass is 32.2. The molecular formula is C10H10N2O7S2. The second kappa shape index (κ2) is 4.80. The Morgan fingerprint density at radius 1 is 1.10 bits per heavy atom. The average Bonchev–Trinajstić information content (AvgIpc) is 2.66. The lowest BCUT2D eigenvalue weighted by molar-refractivity contribution is 0.470. The van der Waals surface area contributed by atoms with Crippen LogP contribution in [0.1, 0.15) is 5.69 Å². The second-order valence-electron chi connectivity index (χ2n) is 4.12. The molecule has 1 aromatic heterocycles. The van der Waals surface area contributed by atoms with Gasteiger partial charge in [-0.3, -0.25) is 9.11 Å². The topological polar surface area (TPSA) is 147 Å². The van der Waals surface area contributed by atoms with Gasteiger partial charge in [-0.2, -0.15) is 21.9 Å². The zero-order valence-electron chi connectivity index (χ0n) is 10.5. The van der Waals surface area contributed by atoms with E-state index in [0.29, 0.717) is 0 Å². The van der Waals surface area contributed by atoms with Crippen molar-refractivity contribution in [3.05, 3.63) is 30.1 Å². The predicted molar refractivity (Wildman–Crippen MR) is 69.6 cm³/mol. The average molecular weight is 334 g/mol. The first-order chi connectivity index (χ1) is 9.50. The maximum Gasteiger partial charge on any atom is 0.296 e. The van der Waals surface area contributed by atoms with Crippen LogP contribution in [0.25, 0.3) is 5.69 Å². The Balaban J connectivity index is 2.82. The molecule has 0 amide bonds. The monoisotopic (exact) mass is 334 g/mol. The molecular weight excluding hydrogens is 324 g/mol. The summed E-state index contributed by atoms with van der Waals surface area (Å²) in [5, 5.41) is 13.3. The molecule has 0 fully saturated rings. The number of hydrogen-bond donors (Lipinski definition) is 3. The molecule has 0 bridgehead atoms. The molecule has 0 saturated carbocycles. The Hall–Kier alpha value is -1.95. The van der Waals surface area contributed by atoms with Gasteiger partial charge in [-0.05, 0) is 25.1 Å². The van der Waals surface area contributed by atoms with E-state index in [1.165, 1.54) is 6.92 Å². The molecule has 1 aromatic carbocycles. The van der Waals surface area contributed by atoms with E-state index in [4.69, 9.17) is 9.11 Å². The summed E-state index contributed by atoms with van der Waals surface area (Å²) in [6.07, 6.45) is 1.03. The highest BCUT2D eigenvalue weighted by molar-refractivity contribution is 7.86. The summed E-state index contributed by atoms with van der Waals surface area (Å²) in [4.78, 5) is -1.21. The molecule has 0 atom stereocenters. The van der Waals surface area contributed by atoms with Crippen molar-refractivity contribution in [3.8, 4) is 11.4 Å². The van der Waals surface area contributed by atoms with Crippen LogP contribution in [-0.4, -0.2) is 40.8 Å². The highest BCUT2D eigenvalue weighted by Gasteiger charge is 2.22. The largest absolute Gasteiger partial charge is 0.504 e. The third kappa shape index (κ3) is 3.05. The van der Waals surface area contributed by atoms with E-state index in [-0.39, 0.29) is 17.1 Å². The summed E-state index contributed by atoms with van der Waals surface area (Å²) in [5.74, 6) is -0.256. The van der Waals surface area contributed by atoms with E-state index in [1.807, 2.05) is 0 Å². The molecule has 21 heavy (non-hydrogen) atoms. The van der Waals surface area contributed by atoms with E-state index in [1.54, 1.807) is 0 Å². The van der Waals surface area contributed by atoms with Crippen molar-refractivity contribution < 1.29 is 31.0 Å². The highest BCUT2D eigenvalue weighted by Crippen LogP contribution is 2.25. The third-order valence-corrected chi connectivity index (χ3v) is 4.38. The van der Waals surface area contributed by atoms with Crippen molar-refractivity contribution in [3.63, 3.8) is 0 Å². The number of hydrogen-bond acceptors (Lipinski definition) is 6. The quantitative estimate of drug-likeness (QED) is 0.682. The fourth-order valence-corrected chi connectivity index (χ4v) is 2.79. The van der Waals surface area contributed by atoms with Crippen molar-refractivity contribution in [1.29, 1.82) is 0 Å². The summed E-state index contributed by atoms with van der Waals surface area (Å²) >= 11 is 0. The number of aromatic nitrogens is 2. The Morgan fingerprint density at radius 3 is 2.14 bits per heavy atom. The zero-order valence-corrected chi connectivity index (χ0v) is 12.1. The first-order valence-electron chi connectivity index (χ1n) is 5.35. The minimum absolute atomic E-state index is 0.161. The summed E-state index contributed by atoms with van der Waals surface area (Å²) in [6, 6.07) is 2.43. The molecule has 0 aliphatic rings. The van der Waals surface area contributed by atoms with Crippen LogP contribution in [0.5, 0.6) is 5.75 Å². The molecule has 0 unspecified atom stereocenters. The van der Waals surface area contributed by atoms with Crippen LogP contribution in [0, 0.1) is 6.92 Å². The van der Waals surface area contributed by atoms with Crippen LogP contribution in [0.4, 0.5) is 0 Å². The van der Waals surface area contributed by atoms with Gasteiger partial charge in [0.2, 0.25) is 0 Å². The summed E-state index contributed by atoms with van der Waals surface area (Å²) < 4.78 is 63.9. The van der Waals surface area contributed by atoms with Crippen molar-refractivity contribution in [2.75, 3.05) is 0 Å². The molecule has 2 rings (SSSR count). The van der Waals surface area contributed by atoms with Crippen molar-refractivity contribution in [1.82, 2.24) is 9.78 Å². The van der Waals surface area contributed by atoms with Gasteiger partial charge in [0.15, 0.2) is 5.75 Å². The molecule has 0 saturated heterocycles. The van der Waals surface area contributed by atoms with Gasteiger partial charge in [0.05, 0.1) is 16.8 Å². The van der Waals surface area contributed by atoms with Crippen LogP contribution < -0.4 is 0 Å². The van der Waals surface area contributed by atoms with Gasteiger partial charge >= 0.3 is 0 Å². The van der Waals surface area contributed by atoms with E-state index >= 15 is 0 Å². The Morgan fingerprint density at radius 2 is 1.71 bits per heavy atom. The van der Waals surface area contributed by atoms with Crippen molar-refractivity contribution in [2.45, 2.75) is 16.7 Å². The maximum atomic E-state index is 11.3. The van der Waals surface area contributed by atoms with Crippen LogP contribution in [0.15, 0.2) is 34.2 Å². The van der Waals surface area contributed by atoms with E-state index in [2.05, 4.69) is 5.10 Å². The summed E-state index contributed by atoms with van der Waals surface area (Å²) in [6.45, 7) is 1.44. The molecule has 0 spiro atoms. The van der Waals surface area contributed by atoms with Gasteiger partial charge < -0.3 is 5.11 Å². The number of nitrogens with zero attached hydrogens (tertiary/aromatic N) is 2. The van der Waals surface area contributed by atoms with Crippen LogP contribution in [0.3, 0.4) is 0 Å². The molecule has 2 aromatic rings. The van der Waals surface area contributed by atoms with Crippen LogP contribution in [-0.2, 0) is 20.2 Å². The standard InChI is InChI=1S/C10H10N2O7S2/c1-6-9(13)5-12(11-6)8-4-7(20(14,15)16)2-3-10(8)21(17,18)19/h2-5,13H,1H3,(H,14,15,16)(H,17,18,19). The molecule has 3 N–H and O–H groups in total. The molecule has 0 aliphatic carbocycles. The molecule has 9 nitrogen and oxygen atoms in total. The van der Waals surface area contributed by atoms with Gasteiger partial charge in [-0.25, -0.2) is 4.68 Å². The predicted octanol–water partition coefficient (Wildman–Crippen LogP) is 0.380. The lowest BCUT2D eigenvalue weighted by atomic mass is 10.3. The van der Waals surface area contributed by atoms with E-state index < -0.39 is 30.0 Å². The number of aromatic hydroxyl groups is 1. The molecule has 11 heteroatoms. The van der Waals surface area contributed by atoms with E-state index in [0.717, 1.165) is 29.1 Å².